The predicted molar refractivity (Wildman–Crippen MR) is 53.2 cm³/mol. The number of aryl methyl sites for hydroxylation is 2. The van der Waals surface area contributed by atoms with E-state index in [-0.39, 0.29) is 11.3 Å². The lowest BCUT2D eigenvalue weighted by molar-refractivity contribution is 0.0996. The molecule has 76 valence electrons. The molecule has 1 heterocycles. The fourth-order valence-corrected chi connectivity index (χ4v) is 1.38. The van der Waals surface area contributed by atoms with Crippen LogP contribution in [0.25, 0.3) is 0 Å². The molecular formula is C10H14N2O2. The Morgan fingerprint density at radius 1 is 1.50 bits per heavy atom. The number of rotatable bonds is 3. The zero-order valence-electron chi connectivity index (χ0n) is 8.37. The molecule has 1 aromatic heterocycles. The van der Waals surface area contributed by atoms with Gasteiger partial charge in [0, 0.05) is 6.20 Å². The van der Waals surface area contributed by atoms with E-state index in [0.717, 1.165) is 0 Å². The van der Waals surface area contributed by atoms with Crippen molar-refractivity contribution in [3.05, 3.63) is 23.0 Å². The van der Waals surface area contributed by atoms with Crippen LogP contribution in [0.3, 0.4) is 0 Å². The normalized spacial score (nSPS) is 10.1. The maximum Gasteiger partial charge on any atom is 0.252 e. The van der Waals surface area contributed by atoms with Crippen molar-refractivity contribution in [1.29, 1.82) is 0 Å². The lowest BCUT2D eigenvalue weighted by Crippen LogP contribution is -2.15. The minimum atomic E-state index is -0.601. The summed E-state index contributed by atoms with van der Waals surface area (Å²) in [4.78, 5) is 15.2. The van der Waals surface area contributed by atoms with E-state index in [1.54, 1.807) is 6.20 Å². The third-order valence-corrected chi connectivity index (χ3v) is 2.17. The number of primary amides is 1. The molecule has 0 unspecified atom stereocenters. The van der Waals surface area contributed by atoms with Gasteiger partial charge in [0.15, 0.2) is 0 Å². The van der Waals surface area contributed by atoms with Gasteiger partial charge in [-0.15, -0.1) is 0 Å². The Morgan fingerprint density at radius 2 is 2.14 bits per heavy atom. The van der Waals surface area contributed by atoms with Gasteiger partial charge in [0.05, 0.1) is 11.3 Å². The molecule has 0 aliphatic rings. The number of aromatic nitrogens is 1. The van der Waals surface area contributed by atoms with Crippen LogP contribution in [0.2, 0.25) is 0 Å². The summed E-state index contributed by atoms with van der Waals surface area (Å²) < 4.78 is 0. The molecule has 0 aromatic carbocycles. The molecule has 0 saturated heterocycles. The van der Waals surface area contributed by atoms with Gasteiger partial charge in [-0.2, -0.15) is 0 Å². The van der Waals surface area contributed by atoms with Gasteiger partial charge >= 0.3 is 0 Å². The fraction of sp³-hybridized carbons (Fsp3) is 0.400. The zero-order chi connectivity index (χ0) is 10.7. The average molecular weight is 194 g/mol. The van der Waals surface area contributed by atoms with Crippen LogP contribution in [0.4, 0.5) is 0 Å². The molecule has 0 spiro atoms. The first kappa shape index (κ1) is 10.5. The van der Waals surface area contributed by atoms with E-state index in [2.05, 4.69) is 4.98 Å². The number of pyridine rings is 1. The standard InChI is InChI=1S/C10H14N2O2/c1-3-6-5-12-7(4-2)9(13)8(6)10(11)14/h5,13H,3-4H2,1-2H3,(H2,11,14). The molecule has 0 atom stereocenters. The van der Waals surface area contributed by atoms with Crippen LogP contribution >= 0.6 is 0 Å². The van der Waals surface area contributed by atoms with Crippen LogP contribution in [0, 0.1) is 0 Å². The topological polar surface area (TPSA) is 76.2 Å². The number of carbonyl (C=O) groups is 1. The number of amides is 1. The zero-order valence-corrected chi connectivity index (χ0v) is 8.37. The molecule has 3 N–H and O–H groups in total. The molecule has 4 heteroatoms. The number of hydrogen-bond donors (Lipinski definition) is 2. The quantitative estimate of drug-likeness (QED) is 0.754. The molecule has 1 aromatic rings. The van der Waals surface area contributed by atoms with Crippen molar-refractivity contribution >= 4 is 5.91 Å². The van der Waals surface area contributed by atoms with Crippen LogP contribution in [-0.2, 0) is 12.8 Å². The molecule has 1 rings (SSSR count). The van der Waals surface area contributed by atoms with Crippen LogP contribution < -0.4 is 5.73 Å². The highest BCUT2D eigenvalue weighted by atomic mass is 16.3. The first-order valence-corrected chi connectivity index (χ1v) is 4.61. The lowest BCUT2D eigenvalue weighted by Gasteiger charge is -2.09. The van der Waals surface area contributed by atoms with Crippen molar-refractivity contribution in [2.75, 3.05) is 0 Å². The minimum absolute atomic E-state index is 0.0700. The fourth-order valence-electron chi connectivity index (χ4n) is 1.38. The van der Waals surface area contributed by atoms with Crippen molar-refractivity contribution < 1.29 is 9.90 Å². The maximum absolute atomic E-state index is 11.1. The van der Waals surface area contributed by atoms with Crippen molar-refractivity contribution in [2.45, 2.75) is 26.7 Å². The SMILES string of the molecule is CCc1cnc(CC)c(O)c1C(N)=O. The molecule has 1 amide bonds. The van der Waals surface area contributed by atoms with E-state index in [1.165, 1.54) is 0 Å². The summed E-state index contributed by atoms with van der Waals surface area (Å²) in [6.45, 7) is 3.74. The van der Waals surface area contributed by atoms with E-state index in [1.807, 2.05) is 13.8 Å². The molecule has 0 aliphatic heterocycles. The number of nitrogens with zero attached hydrogens (tertiary/aromatic N) is 1. The number of carbonyl (C=O) groups excluding carboxylic acids is 1. The maximum atomic E-state index is 11.1. The number of aromatic hydroxyl groups is 1. The van der Waals surface area contributed by atoms with Crippen molar-refractivity contribution in [3.63, 3.8) is 0 Å². The van der Waals surface area contributed by atoms with Crippen molar-refractivity contribution in [2.24, 2.45) is 5.73 Å². The predicted octanol–water partition coefficient (Wildman–Crippen LogP) is 1.01. The molecule has 14 heavy (non-hydrogen) atoms. The Balaban J connectivity index is 3.39. The molecule has 0 radical (unpaired) electrons. The first-order chi connectivity index (χ1) is 6.61. The van der Waals surface area contributed by atoms with E-state index in [4.69, 9.17) is 5.73 Å². The second-order valence-corrected chi connectivity index (χ2v) is 3.03. The second-order valence-electron chi connectivity index (χ2n) is 3.03. The molecule has 0 fully saturated rings. The van der Waals surface area contributed by atoms with Gasteiger partial charge in [0.25, 0.3) is 5.91 Å². The Bertz CT molecular complexity index is 361. The summed E-state index contributed by atoms with van der Waals surface area (Å²) >= 11 is 0. The van der Waals surface area contributed by atoms with Gasteiger partial charge in [0.1, 0.15) is 5.75 Å². The molecule has 0 aliphatic carbocycles. The van der Waals surface area contributed by atoms with Gasteiger partial charge in [-0.1, -0.05) is 13.8 Å². The third-order valence-electron chi connectivity index (χ3n) is 2.17. The van der Waals surface area contributed by atoms with Gasteiger partial charge in [-0.05, 0) is 18.4 Å². The van der Waals surface area contributed by atoms with E-state index in [0.29, 0.717) is 24.1 Å². The van der Waals surface area contributed by atoms with Crippen LogP contribution in [0.15, 0.2) is 6.20 Å². The first-order valence-electron chi connectivity index (χ1n) is 4.61. The largest absolute Gasteiger partial charge is 0.505 e. The van der Waals surface area contributed by atoms with Gasteiger partial charge < -0.3 is 10.8 Å². The summed E-state index contributed by atoms with van der Waals surface area (Å²) in [6, 6.07) is 0. The Labute approximate surface area is 82.8 Å². The van der Waals surface area contributed by atoms with Gasteiger partial charge in [0.2, 0.25) is 0 Å². The summed E-state index contributed by atoms with van der Waals surface area (Å²) in [5.41, 5.74) is 6.59. The Hall–Kier alpha value is -1.58. The summed E-state index contributed by atoms with van der Waals surface area (Å²) in [6.07, 6.45) is 2.80. The Morgan fingerprint density at radius 3 is 2.57 bits per heavy atom. The molecule has 0 saturated carbocycles. The Kier molecular flexibility index (Phi) is 3.06. The number of hydrogen-bond acceptors (Lipinski definition) is 3. The van der Waals surface area contributed by atoms with Crippen LogP contribution in [0.5, 0.6) is 5.75 Å². The molecule has 0 bridgehead atoms. The highest BCUT2D eigenvalue weighted by Crippen LogP contribution is 2.24. The molecule has 4 nitrogen and oxygen atoms in total. The summed E-state index contributed by atoms with van der Waals surface area (Å²) in [7, 11) is 0. The third kappa shape index (κ3) is 1.69. The lowest BCUT2D eigenvalue weighted by atomic mass is 10.0. The highest BCUT2D eigenvalue weighted by molar-refractivity contribution is 5.97. The summed E-state index contributed by atoms with van der Waals surface area (Å²) in [5.74, 6) is -0.671. The van der Waals surface area contributed by atoms with Crippen LogP contribution in [-0.4, -0.2) is 16.0 Å². The number of nitrogens with two attached hydrogens (primary N) is 1. The minimum Gasteiger partial charge on any atom is -0.505 e. The second kappa shape index (κ2) is 4.09. The van der Waals surface area contributed by atoms with E-state index < -0.39 is 5.91 Å². The van der Waals surface area contributed by atoms with E-state index in [9.17, 15) is 9.90 Å². The summed E-state index contributed by atoms with van der Waals surface area (Å²) in [5, 5.41) is 9.71. The van der Waals surface area contributed by atoms with Gasteiger partial charge in [-0.25, -0.2) is 0 Å². The monoisotopic (exact) mass is 194 g/mol. The van der Waals surface area contributed by atoms with Crippen molar-refractivity contribution in [1.82, 2.24) is 4.98 Å². The van der Waals surface area contributed by atoms with Crippen LogP contribution in [0.1, 0.15) is 35.5 Å². The van der Waals surface area contributed by atoms with Crippen molar-refractivity contribution in [3.8, 4) is 5.75 Å². The average Bonchev–Trinajstić information content (AvgIpc) is 2.16. The molecular weight excluding hydrogens is 180 g/mol. The van der Waals surface area contributed by atoms with E-state index >= 15 is 0 Å². The smallest absolute Gasteiger partial charge is 0.252 e. The highest BCUT2D eigenvalue weighted by Gasteiger charge is 2.16. The van der Waals surface area contributed by atoms with Gasteiger partial charge in [-0.3, -0.25) is 9.78 Å².